The van der Waals surface area contributed by atoms with Crippen molar-refractivity contribution in [2.24, 2.45) is 0 Å². The van der Waals surface area contributed by atoms with Crippen molar-refractivity contribution in [3.05, 3.63) is 70.2 Å². The van der Waals surface area contributed by atoms with Crippen molar-refractivity contribution >= 4 is 29.0 Å². The fourth-order valence-electron chi connectivity index (χ4n) is 4.03. The third-order valence-corrected chi connectivity index (χ3v) is 5.95. The number of imidazole rings is 1. The molecule has 0 spiro atoms. The molecule has 1 aromatic carbocycles. The molecule has 6 nitrogen and oxygen atoms in total. The minimum absolute atomic E-state index is 0.333. The molecule has 0 saturated carbocycles. The molecule has 1 saturated heterocycles. The minimum atomic E-state index is -0.356. The molecule has 8 heteroatoms. The summed E-state index contributed by atoms with van der Waals surface area (Å²) in [5.41, 5.74) is 0.964. The van der Waals surface area contributed by atoms with Crippen molar-refractivity contribution < 1.29 is 4.74 Å². The molecule has 3 heterocycles. The van der Waals surface area contributed by atoms with Gasteiger partial charge in [-0.2, -0.15) is 4.98 Å². The summed E-state index contributed by atoms with van der Waals surface area (Å²) in [4.78, 5) is 12.2. The van der Waals surface area contributed by atoms with E-state index in [1.165, 1.54) is 12.8 Å². The average molecular weight is 460 g/mol. The minimum Gasteiger partial charge on any atom is -0.466 e. The van der Waals surface area contributed by atoms with E-state index in [0.29, 0.717) is 34.4 Å². The standard InChI is InChI=1S/C23H27Cl2N5O/c1-2-18(19-5-4-8-26-19)29-21-6-3-7-22(30-21)31-20(23-27-9-10-28-23)13-15-11-16(24)14-17(25)12-15/h3,6-7,9-12,14,18-20,26H,2,4-5,8,13H2,1H3,(H,27,28)(H,29,30). The van der Waals surface area contributed by atoms with Crippen molar-refractivity contribution in [2.75, 3.05) is 11.9 Å². The highest BCUT2D eigenvalue weighted by Gasteiger charge is 2.24. The maximum atomic E-state index is 6.28. The Bertz CT molecular complexity index is 956. The quantitative estimate of drug-likeness (QED) is 0.398. The Morgan fingerprint density at radius 2 is 2.06 bits per heavy atom. The molecular formula is C23H27Cl2N5O. The maximum absolute atomic E-state index is 6.28. The number of nitrogens with zero attached hydrogens (tertiary/aromatic N) is 2. The lowest BCUT2D eigenvalue weighted by Crippen LogP contribution is -2.39. The van der Waals surface area contributed by atoms with Gasteiger partial charge in [-0.05, 0) is 55.6 Å². The van der Waals surface area contributed by atoms with E-state index in [0.717, 1.165) is 30.2 Å². The molecule has 3 N–H and O–H groups in total. The van der Waals surface area contributed by atoms with Crippen molar-refractivity contribution in [1.29, 1.82) is 0 Å². The molecular weight excluding hydrogens is 433 g/mol. The summed E-state index contributed by atoms with van der Waals surface area (Å²) in [6, 6.07) is 12.1. The molecule has 0 aliphatic carbocycles. The second kappa shape index (κ2) is 10.4. The Balaban J connectivity index is 1.51. The first kappa shape index (κ1) is 21.9. The van der Waals surface area contributed by atoms with Crippen LogP contribution in [0.15, 0.2) is 48.8 Å². The molecule has 0 bridgehead atoms. The summed E-state index contributed by atoms with van der Waals surface area (Å²) in [6.07, 6.45) is 7.12. The van der Waals surface area contributed by atoms with Crippen LogP contribution in [0.5, 0.6) is 5.88 Å². The number of pyridine rings is 1. The Labute approximate surface area is 192 Å². The zero-order valence-corrected chi connectivity index (χ0v) is 19.0. The SMILES string of the molecule is CCC(Nc1cccc(OC(Cc2cc(Cl)cc(Cl)c2)c2ncc[nH]2)n1)C1CCCN1. The van der Waals surface area contributed by atoms with E-state index in [1.807, 2.05) is 30.3 Å². The van der Waals surface area contributed by atoms with Gasteiger partial charge in [0.1, 0.15) is 11.6 Å². The highest BCUT2D eigenvalue weighted by Crippen LogP contribution is 2.27. The van der Waals surface area contributed by atoms with Crippen LogP contribution in [0.4, 0.5) is 5.82 Å². The van der Waals surface area contributed by atoms with Gasteiger partial charge in [0.15, 0.2) is 6.10 Å². The predicted octanol–water partition coefficient (Wildman–Crippen LogP) is 5.42. The molecule has 3 unspecified atom stereocenters. The van der Waals surface area contributed by atoms with Crippen LogP contribution in [0.25, 0.3) is 0 Å². The van der Waals surface area contributed by atoms with Gasteiger partial charge in [0, 0.05) is 47.0 Å². The monoisotopic (exact) mass is 459 g/mol. The topological polar surface area (TPSA) is 74.9 Å². The molecule has 1 aliphatic rings. The molecule has 0 amide bonds. The van der Waals surface area contributed by atoms with E-state index >= 15 is 0 Å². The fourth-order valence-corrected chi connectivity index (χ4v) is 4.60. The first-order valence-corrected chi connectivity index (χ1v) is 11.4. The lowest BCUT2D eigenvalue weighted by molar-refractivity contribution is 0.189. The Kier molecular flexibility index (Phi) is 7.33. The maximum Gasteiger partial charge on any atom is 0.215 e. The van der Waals surface area contributed by atoms with Gasteiger partial charge in [-0.3, -0.25) is 0 Å². The Hall–Kier alpha value is -2.28. The normalized spacial score (nSPS) is 18.0. The Morgan fingerprint density at radius 1 is 1.23 bits per heavy atom. The number of halogens is 2. The molecule has 1 aliphatic heterocycles. The number of benzene rings is 1. The molecule has 0 radical (unpaired) electrons. The number of hydrogen-bond acceptors (Lipinski definition) is 5. The van der Waals surface area contributed by atoms with Crippen LogP contribution in [-0.2, 0) is 6.42 Å². The van der Waals surface area contributed by atoms with Gasteiger partial charge in [0.2, 0.25) is 5.88 Å². The third kappa shape index (κ3) is 5.91. The molecule has 4 rings (SSSR count). The first-order chi connectivity index (χ1) is 15.1. The van der Waals surface area contributed by atoms with E-state index in [9.17, 15) is 0 Å². The number of aromatic amines is 1. The van der Waals surface area contributed by atoms with E-state index in [2.05, 4.69) is 27.5 Å². The highest BCUT2D eigenvalue weighted by molar-refractivity contribution is 6.34. The number of aromatic nitrogens is 3. The number of hydrogen-bond donors (Lipinski definition) is 3. The summed E-state index contributed by atoms with van der Waals surface area (Å²) in [5, 5.41) is 8.33. The largest absolute Gasteiger partial charge is 0.466 e. The van der Waals surface area contributed by atoms with Crippen molar-refractivity contribution in [1.82, 2.24) is 20.3 Å². The number of rotatable bonds is 9. The van der Waals surface area contributed by atoms with E-state index in [-0.39, 0.29) is 6.10 Å². The van der Waals surface area contributed by atoms with Crippen LogP contribution in [0, 0.1) is 0 Å². The molecule has 3 aromatic rings. The van der Waals surface area contributed by atoms with Crippen molar-refractivity contribution in [3.63, 3.8) is 0 Å². The number of H-pyrrole nitrogens is 1. The predicted molar refractivity (Wildman–Crippen MR) is 125 cm³/mol. The van der Waals surface area contributed by atoms with Crippen LogP contribution < -0.4 is 15.4 Å². The number of nitrogens with one attached hydrogen (secondary N) is 3. The summed E-state index contributed by atoms with van der Waals surface area (Å²) in [5.74, 6) is 2.06. The summed E-state index contributed by atoms with van der Waals surface area (Å²) >= 11 is 12.4. The van der Waals surface area contributed by atoms with E-state index in [4.69, 9.17) is 32.9 Å². The fraction of sp³-hybridized carbons (Fsp3) is 0.391. The summed E-state index contributed by atoms with van der Waals surface area (Å²) in [7, 11) is 0. The average Bonchev–Trinajstić information content (AvgIpc) is 3.45. The van der Waals surface area contributed by atoms with Crippen LogP contribution in [-0.4, -0.2) is 33.6 Å². The van der Waals surface area contributed by atoms with Crippen LogP contribution >= 0.6 is 23.2 Å². The lowest BCUT2D eigenvalue weighted by Gasteiger charge is -2.24. The van der Waals surface area contributed by atoms with Gasteiger partial charge in [0.25, 0.3) is 0 Å². The smallest absolute Gasteiger partial charge is 0.215 e. The van der Waals surface area contributed by atoms with E-state index in [1.54, 1.807) is 18.5 Å². The number of ether oxygens (including phenoxy) is 1. The molecule has 164 valence electrons. The van der Waals surface area contributed by atoms with Gasteiger partial charge in [-0.25, -0.2) is 4.98 Å². The van der Waals surface area contributed by atoms with Crippen molar-refractivity contribution in [3.8, 4) is 5.88 Å². The second-order valence-corrected chi connectivity index (χ2v) is 8.66. The van der Waals surface area contributed by atoms with Gasteiger partial charge < -0.3 is 20.4 Å². The lowest BCUT2D eigenvalue weighted by atomic mass is 10.0. The molecule has 3 atom stereocenters. The van der Waals surface area contributed by atoms with Crippen molar-refractivity contribution in [2.45, 2.75) is 50.8 Å². The summed E-state index contributed by atoms with van der Waals surface area (Å²) < 4.78 is 6.28. The highest BCUT2D eigenvalue weighted by atomic mass is 35.5. The molecule has 2 aromatic heterocycles. The second-order valence-electron chi connectivity index (χ2n) is 7.79. The molecule has 31 heavy (non-hydrogen) atoms. The van der Waals surface area contributed by atoms with Gasteiger partial charge in [-0.15, -0.1) is 0 Å². The third-order valence-electron chi connectivity index (χ3n) is 5.51. The summed E-state index contributed by atoms with van der Waals surface area (Å²) in [6.45, 7) is 3.28. The van der Waals surface area contributed by atoms with E-state index < -0.39 is 0 Å². The Morgan fingerprint density at radius 3 is 2.74 bits per heavy atom. The first-order valence-electron chi connectivity index (χ1n) is 10.7. The van der Waals surface area contributed by atoms with Gasteiger partial charge in [0.05, 0.1) is 0 Å². The van der Waals surface area contributed by atoms with Crippen LogP contribution in [0.1, 0.15) is 43.7 Å². The van der Waals surface area contributed by atoms with Gasteiger partial charge in [-0.1, -0.05) is 36.2 Å². The van der Waals surface area contributed by atoms with Crippen LogP contribution in [0.2, 0.25) is 10.0 Å². The number of anilines is 1. The molecule has 1 fully saturated rings. The zero-order valence-electron chi connectivity index (χ0n) is 17.4. The zero-order chi connectivity index (χ0) is 21.6. The van der Waals surface area contributed by atoms with Gasteiger partial charge >= 0.3 is 0 Å². The van der Waals surface area contributed by atoms with Crippen LogP contribution in [0.3, 0.4) is 0 Å².